The van der Waals surface area contributed by atoms with Gasteiger partial charge >= 0.3 is 0 Å². The van der Waals surface area contributed by atoms with Gasteiger partial charge in [0.1, 0.15) is 0 Å². The molecule has 0 saturated carbocycles. The van der Waals surface area contributed by atoms with Crippen LogP contribution in [0.3, 0.4) is 0 Å². The van der Waals surface area contributed by atoms with Crippen LogP contribution in [0.1, 0.15) is 0 Å². The van der Waals surface area contributed by atoms with E-state index in [0.717, 1.165) is 0 Å². The Bertz CT molecular complexity index is 448. The third-order valence-corrected chi connectivity index (χ3v) is 2.65. The Morgan fingerprint density at radius 2 is 2.07 bits per heavy atom. The fourth-order valence-corrected chi connectivity index (χ4v) is 1.79. The average Bonchev–Trinajstić information content (AvgIpc) is 2.56. The second-order valence-electron chi connectivity index (χ2n) is 2.35. The van der Waals surface area contributed by atoms with Crippen LogP contribution >= 0.6 is 27.3 Å². The normalized spacial score (nSPS) is 10.1. The van der Waals surface area contributed by atoms with Gasteiger partial charge in [0.15, 0.2) is 15.5 Å². The molecule has 0 radical (unpaired) electrons. The fourth-order valence-electron chi connectivity index (χ4n) is 0.856. The molecule has 0 unspecified atom stereocenters. The van der Waals surface area contributed by atoms with Crippen LogP contribution in [0.4, 0.5) is 4.39 Å². The number of ether oxygens (including phenoxy) is 1. The second kappa shape index (κ2) is 4.02. The maximum Gasteiger partial charge on any atom is 0.300 e. The molecule has 2 rings (SSSR count). The number of nitrogens with zero attached hydrogens (tertiary/aromatic N) is 2. The molecular weight excluding hydrogens is 271 g/mol. The highest BCUT2D eigenvalue weighted by molar-refractivity contribution is 9.11. The molecule has 0 fully saturated rings. The van der Waals surface area contributed by atoms with Gasteiger partial charge in [0.05, 0.1) is 0 Å². The molecule has 0 amide bonds. The van der Waals surface area contributed by atoms with Gasteiger partial charge in [-0.25, -0.2) is 4.39 Å². The van der Waals surface area contributed by atoms with Crippen LogP contribution in [-0.2, 0) is 0 Å². The highest BCUT2D eigenvalue weighted by atomic mass is 79.9. The van der Waals surface area contributed by atoms with E-state index in [2.05, 4.69) is 26.1 Å². The molecule has 1 aromatic heterocycles. The molecule has 0 saturated heterocycles. The van der Waals surface area contributed by atoms with Crippen LogP contribution in [-0.4, -0.2) is 10.2 Å². The first kappa shape index (κ1) is 9.54. The van der Waals surface area contributed by atoms with Crippen molar-refractivity contribution in [3.05, 3.63) is 34.0 Å². The van der Waals surface area contributed by atoms with Gasteiger partial charge in [-0.3, -0.25) is 0 Å². The minimum atomic E-state index is -0.418. The number of hydrogen-bond acceptors (Lipinski definition) is 4. The van der Waals surface area contributed by atoms with E-state index in [0.29, 0.717) is 9.11 Å². The molecule has 72 valence electrons. The maximum atomic E-state index is 13.1. The summed E-state index contributed by atoms with van der Waals surface area (Å²) in [5.41, 5.74) is 0. The first-order valence-corrected chi connectivity index (χ1v) is 5.28. The van der Waals surface area contributed by atoms with E-state index in [1.54, 1.807) is 12.1 Å². The standard InChI is InChI=1S/C8H4BrFN2OS/c9-7-11-12-8(14-7)13-6-4-2-1-3-5(6)10/h1-4H. The zero-order valence-electron chi connectivity index (χ0n) is 6.78. The number of para-hydroxylation sites is 1. The Morgan fingerprint density at radius 1 is 1.29 bits per heavy atom. The van der Waals surface area contributed by atoms with Gasteiger partial charge in [-0.1, -0.05) is 17.2 Å². The van der Waals surface area contributed by atoms with Crippen LogP contribution < -0.4 is 4.74 Å². The van der Waals surface area contributed by atoms with Crippen molar-refractivity contribution in [2.24, 2.45) is 0 Å². The molecule has 1 heterocycles. The van der Waals surface area contributed by atoms with Crippen molar-refractivity contribution < 1.29 is 9.13 Å². The van der Waals surface area contributed by atoms with Gasteiger partial charge in [-0.2, -0.15) is 0 Å². The largest absolute Gasteiger partial charge is 0.427 e. The number of benzene rings is 1. The van der Waals surface area contributed by atoms with E-state index in [1.165, 1.54) is 23.5 Å². The molecule has 2 aromatic rings. The molecule has 0 aliphatic rings. The molecule has 0 spiro atoms. The van der Waals surface area contributed by atoms with Crippen molar-refractivity contribution in [2.45, 2.75) is 0 Å². The van der Waals surface area contributed by atoms with Gasteiger partial charge in [0.2, 0.25) is 0 Å². The van der Waals surface area contributed by atoms with Crippen LogP contribution in [0.25, 0.3) is 0 Å². The third kappa shape index (κ3) is 2.08. The second-order valence-corrected chi connectivity index (χ2v) is 4.57. The van der Waals surface area contributed by atoms with E-state index < -0.39 is 5.82 Å². The summed E-state index contributed by atoms with van der Waals surface area (Å²) in [5, 5.41) is 7.67. The van der Waals surface area contributed by atoms with Crippen molar-refractivity contribution in [2.75, 3.05) is 0 Å². The first-order chi connectivity index (χ1) is 6.75. The summed E-state index contributed by atoms with van der Waals surface area (Å²) >= 11 is 4.33. The summed E-state index contributed by atoms with van der Waals surface area (Å²) in [5.74, 6) is -0.269. The zero-order valence-corrected chi connectivity index (χ0v) is 9.18. The van der Waals surface area contributed by atoms with Gasteiger partial charge in [0.25, 0.3) is 5.19 Å². The van der Waals surface area contributed by atoms with Crippen LogP contribution in [0, 0.1) is 5.82 Å². The van der Waals surface area contributed by atoms with Gasteiger partial charge in [-0.05, 0) is 39.4 Å². The number of hydrogen-bond donors (Lipinski definition) is 0. The van der Waals surface area contributed by atoms with Gasteiger partial charge in [0, 0.05) is 0 Å². The maximum absolute atomic E-state index is 13.1. The van der Waals surface area contributed by atoms with Crippen molar-refractivity contribution in [1.82, 2.24) is 10.2 Å². The molecule has 3 nitrogen and oxygen atoms in total. The molecule has 6 heteroatoms. The fraction of sp³-hybridized carbons (Fsp3) is 0. The molecule has 0 N–H and O–H groups in total. The van der Waals surface area contributed by atoms with Crippen LogP contribution in [0.2, 0.25) is 0 Å². The number of rotatable bonds is 2. The predicted molar refractivity (Wildman–Crippen MR) is 54.1 cm³/mol. The summed E-state index contributed by atoms with van der Waals surface area (Å²) in [6.07, 6.45) is 0. The lowest BCUT2D eigenvalue weighted by molar-refractivity contribution is 0.435. The molecule has 0 aliphatic heterocycles. The summed E-state index contributed by atoms with van der Waals surface area (Å²) in [4.78, 5) is 0. The SMILES string of the molecule is Fc1ccccc1Oc1nnc(Br)s1. The summed E-state index contributed by atoms with van der Waals surface area (Å²) in [6, 6.07) is 6.14. The molecule has 0 atom stereocenters. The van der Waals surface area contributed by atoms with Crippen molar-refractivity contribution in [3.8, 4) is 10.9 Å². The summed E-state index contributed by atoms with van der Waals surface area (Å²) in [7, 11) is 0. The lowest BCUT2D eigenvalue weighted by Gasteiger charge is -2.00. The van der Waals surface area contributed by atoms with E-state index in [4.69, 9.17) is 4.74 Å². The lowest BCUT2D eigenvalue weighted by atomic mass is 10.3. The third-order valence-electron chi connectivity index (χ3n) is 1.42. The Morgan fingerprint density at radius 3 is 2.71 bits per heavy atom. The Labute approximate surface area is 91.7 Å². The van der Waals surface area contributed by atoms with Gasteiger partial charge in [-0.15, -0.1) is 5.10 Å². The van der Waals surface area contributed by atoms with Crippen LogP contribution in [0.15, 0.2) is 28.2 Å². The smallest absolute Gasteiger partial charge is 0.300 e. The number of aromatic nitrogens is 2. The van der Waals surface area contributed by atoms with E-state index in [1.807, 2.05) is 0 Å². The van der Waals surface area contributed by atoms with Crippen molar-refractivity contribution in [1.29, 1.82) is 0 Å². The Balaban J connectivity index is 2.23. The van der Waals surface area contributed by atoms with E-state index in [9.17, 15) is 4.39 Å². The molecule has 0 bridgehead atoms. The Kier molecular flexibility index (Phi) is 2.74. The summed E-state index contributed by atoms with van der Waals surface area (Å²) < 4.78 is 18.9. The molecule has 1 aromatic carbocycles. The van der Waals surface area contributed by atoms with Crippen molar-refractivity contribution in [3.63, 3.8) is 0 Å². The monoisotopic (exact) mass is 274 g/mol. The molecular formula is C8H4BrFN2OS. The highest BCUT2D eigenvalue weighted by Gasteiger charge is 2.07. The lowest BCUT2D eigenvalue weighted by Crippen LogP contribution is -1.86. The highest BCUT2D eigenvalue weighted by Crippen LogP contribution is 2.28. The van der Waals surface area contributed by atoms with Gasteiger partial charge < -0.3 is 4.74 Å². The zero-order chi connectivity index (χ0) is 9.97. The number of halogens is 2. The summed E-state index contributed by atoms with van der Waals surface area (Å²) in [6.45, 7) is 0. The predicted octanol–water partition coefficient (Wildman–Crippen LogP) is 3.23. The minimum Gasteiger partial charge on any atom is -0.427 e. The van der Waals surface area contributed by atoms with E-state index in [-0.39, 0.29) is 5.75 Å². The molecule has 0 aliphatic carbocycles. The quantitative estimate of drug-likeness (QED) is 0.844. The van der Waals surface area contributed by atoms with Crippen molar-refractivity contribution >= 4 is 27.3 Å². The van der Waals surface area contributed by atoms with E-state index >= 15 is 0 Å². The average molecular weight is 275 g/mol. The molecule has 14 heavy (non-hydrogen) atoms. The first-order valence-electron chi connectivity index (χ1n) is 3.67. The minimum absolute atomic E-state index is 0.149. The Hall–Kier alpha value is -1.01. The van der Waals surface area contributed by atoms with Crippen LogP contribution in [0.5, 0.6) is 10.9 Å². The topological polar surface area (TPSA) is 35.0 Å².